The predicted octanol–water partition coefficient (Wildman–Crippen LogP) is 2.42. The summed E-state index contributed by atoms with van der Waals surface area (Å²) in [5.74, 6) is 0.853. The zero-order valence-corrected chi connectivity index (χ0v) is 15.8. The average Bonchev–Trinajstić information content (AvgIpc) is 3.14. The van der Waals surface area contributed by atoms with Crippen LogP contribution in [-0.2, 0) is 7.05 Å². The SMILES string of the molecule is CCOc1ccc(Nc2ncccc2C(=O)N[C@H](CO)c2cnn(C)c2)cc1. The Morgan fingerprint density at radius 2 is 2.07 bits per heavy atom. The van der Waals surface area contributed by atoms with E-state index >= 15 is 0 Å². The number of benzene rings is 1. The lowest BCUT2D eigenvalue weighted by molar-refractivity contribution is 0.0916. The van der Waals surface area contributed by atoms with Gasteiger partial charge in [-0.15, -0.1) is 0 Å². The molecule has 1 aromatic carbocycles. The third kappa shape index (κ3) is 4.66. The summed E-state index contributed by atoms with van der Waals surface area (Å²) in [5.41, 5.74) is 1.88. The molecule has 1 amide bonds. The number of anilines is 2. The van der Waals surface area contributed by atoms with Gasteiger partial charge in [-0.3, -0.25) is 9.48 Å². The summed E-state index contributed by atoms with van der Waals surface area (Å²) >= 11 is 0. The maximum atomic E-state index is 12.8. The second kappa shape index (κ2) is 9.01. The maximum absolute atomic E-state index is 12.8. The molecule has 0 bridgehead atoms. The van der Waals surface area contributed by atoms with Crippen LogP contribution in [0.25, 0.3) is 0 Å². The molecule has 0 aliphatic carbocycles. The molecule has 3 N–H and O–H groups in total. The molecule has 1 atom stereocenters. The van der Waals surface area contributed by atoms with Gasteiger partial charge in [0, 0.05) is 30.7 Å². The Morgan fingerprint density at radius 3 is 2.71 bits per heavy atom. The van der Waals surface area contributed by atoms with E-state index < -0.39 is 6.04 Å². The first-order chi connectivity index (χ1) is 13.6. The molecule has 0 saturated heterocycles. The number of hydrogen-bond donors (Lipinski definition) is 3. The first kappa shape index (κ1) is 19.4. The van der Waals surface area contributed by atoms with Crippen LogP contribution in [0.4, 0.5) is 11.5 Å². The standard InChI is InChI=1S/C20H23N5O3/c1-3-28-16-8-6-15(7-9-16)23-19-17(5-4-10-21-19)20(27)24-18(13-26)14-11-22-25(2)12-14/h4-12,18,26H,3,13H2,1-2H3,(H,21,23)(H,24,27)/t18-/m1/s1. The van der Waals surface area contributed by atoms with Gasteiger partial charge in [-0.1, -0.05) is 0 Å². The molecule has 0 saturated carbocycles. The minimum absolute atomic E-state index is 0.237. The molecule has 0 radical (unpaired) electrons. The van der Waals surface area contributed by atoms with E-state index in [0.29, 0.717) is 18.0 Å². The molecule has 0 spiro atoms. The lowest BCUT2D eigenvalue weighted by Crippen LogP contribution is -2.31. The number of amides is 1. The maximum Gasteiger partial charge on any atom is 0.255 e. The van der Waals surface area contributed by atoms with Crippen LogP contribution in [0, 0.1) is 0 Å². The van der Waals surface area contributed by atoms with Crippen LogP contribution < -0.4 is 15.4 Å². The number of pyridine rings is 1. The molecule has 3 rings (SSSR count). The van der Waals surface area contributed by atoms with Gasteiger partial charge in [-0.2, -0.15) is 5.10 Å². The Labute approximate surface area is 163 Å². The predicted molar refractivity (Wildman–Crippen MR) is 106 cm³/mol. The number of nitrogens with one attached hydrogen (secondary N) is 2. The first-order valence-corrected chi connectivity index (χ1v) is 8.96. The Hall–Kier alpha value is -3.39. The van der Waals surface area contributed by atoms with Crippen molar-refractivity contribution in [2.75, 3.05) is 18.5 Å². The smallest absolute Gasteiger partial charge is 0.255 e. The zero-order chi connectivity index (χ0) is 19.9. The van der Waals surface area contributed by atoms with E-state index in [9.17, 15) is 9.90 Å². The van der Waals surface area contributed by atoms with Crippen molar-refractivity contribution in [1.82, 2.24) is 20.1 Å². The van der Waals surface area contributed by atoms with Crippen LogP contribution in [0.3, 0.4) is 0 Å². The van der Waals surface area contributed by atoms with E-state index in [1.54, 1.807) is 42.5 Å². The van der Waals surface area contributed by atoms with Crippen molar-refractivity contribution in [3.8, 4) is 5.75 Å². The highest BCUT2D eigenvalue weighted by molar-refractivity contribution is 5.99. The molecule has 8 nitrogen and oxygen atoms in total. The van der Waals surface area contributed by atoms with E-state index in [0.717, 1.165) is 17.0 Å². The molecule has 0 aliphatic heterocycles. The van der Waals surface area contributed by atoms with Gasteiger partial charge in [0.25, 0.3) is 5.91 Å². The van der Waals surface area contributed by atoms with Crippen molar-refractivity contribution in [3.05, 3.63) is 66.1 Å². The molecule has 2 heterocycles. The van der Waals surface area contributed by atoms with Gasteiger partial charge in [0.05, 0.1) is 31.0 Å². The summed E-state index contributed by atoms with van der Waals surface area (Å²) in [6, 6.07) is 10.2. The summed E-state index contributed by atoms with van der Waals surface area (Å²) in [5, 5.41) is 19.7. The topological polar surface area (TPSA) is 101 Å². The third-order valence-electron chi connectivity index (χ3n) is 4.10. The number of aliphatic hydroxyl groups excluding tert-OH is 1. The minimum Gasteiger partial charge on any atom is -0.494 e. The molecule has 146 valence electrons. The van der Waals surface area contributed by atoms with Crippen LogP contribution in [0.1, 0.15) is 28.9 Å². The Balaban J connectivity index is 1.76. The molecule has 3 aromatic rings. The normalized spacial score (nSPS) is 11.7. The highest BCUT2D eigenvalue weighted by Crippen LogP contribution is 2.22. The fourth-order valence-corrected chi connectivity index (χ4v) is 2.72. The minimum atomic E-state index is -0.556. The number of aryl methyl sites for hydroxylation is 1. The van der Waals surface area contributed by atoms with Gasteiger partial charge < -0.3 is 20.5 Å². The Bertz CT molecular complexity index is 924. The molecular weight excluding hydrogens is 358 g/mol. The van der Waals surface area contributed by atoms with Crippen molar-refractivity contribution in [2.24, 2.45) is 7.05 Å². The molecule has 0 aliphatic rings. The second-order valence-electron chi connectivity index (χ2n) is 6.14. The molecule has 0 unspecified atom stereocenters. The molecule has 0 fully saturated rings. The molecule has 8 heteroatoms. The number of nitrogens with zero attached hydrogens (tertiary/aromatic N) is 3. The van der Waals surface area contributed by atoms with E-state index in [2.05, 4.69) is 20.7 Å². The number of carbonyl (C=O) groups is 1. The fraction of sp³-hybridized carbons (Fsp3) is 0.250. The van der Waals surface area contributed by atoms with Crippen LogP contribution in [0.15, 0.2) is 55.0 Å². The third-order valence-corrected chi connectivity index (χ3v) is 4.10. The van der Waals surface area contributed by atoms with Crippen molar-refractivity contribution in [3.63, 3.8) is 0 Å². The largest absolute Gasteiger partial charge is 0.494 e. The van der Waals surface area contributed by atoms with Gasteiger partial charge in [-0.25, -0.2) is 4.98 Å². The number of aromatic nitrogens is 3. The van der Waals surface area contributed by atoms with E-state index in [1.807, 2.05) is 31.2 Å². The van der Waals surface area contributed by atoms with E-state index in [4.69, 9.17) is 4.74 Å². The molecule has 2 aromatic heterocycles. The van der Waals surface area contributed by atoms with Crippen molar-refractivity contribution < 1.29 is 14.6 Å². The summed E-state index contributed by atoms with van der Waals surface area (Å²) in [6.07, 6.45) is 4.98. The average molecular weight is 381 g/mol. The van der Waals surface area contributed by atoms with Crippen molar-refractivity contribution in [1.29, 1.82) is 0 Å². The number of carbonyl (C=O) groups excluding carboxylic acids is 1. The number of rotatable bonds is 8. The van der Waals surface area contributed by atoms with Gasteiger partial charge in [0.15, 0.2) is 0 Å². The van der Waals surface area contributed by atoms with Gasteiger partial charge >= 0.3 is 0 Å². The summed E-state index contributed by atoms with van der Waals surface area (Å²) in [7, 11) is 1.78. The van der Waals surface area contributed by atoms with Gasteiger partial charge in [-0.05, 0) is 43.3 Å². The van der Waals surface area contributed by atoms with E-state index in [1.165, 1.54) is 0 Å². The fourth-order valence-electron chi connectivity index (χ4n) is 2.72. The number of aliphatic hydroxyl groups is 1. The van der Waals surface area contributed by atoms with Crippen LogP contribution in [-0.4, -0.2) is 39.0 Å². The van der Waals surface area contributed by atoms with Gasteiger partial charge in [0.1, 0.15) is 11.6 Å². The van der Waals surface area contributed by atoms with Crippen LogP contribution >= 0.6 is 0 Å². The van der Waals surface area contributed by atoms with Crippen LogP contribution in [0.2, 0.25) is 0 Å². The van der Waals surface area contributed by atoms with Crippen LogP contribution in [0.5, 0.6) is 5.75 Å². The number of hydrogen-bond acceptors (Lipinski definition) is 6. The molecule has 28 heavy (non-hydrogen) atoms. The highest BCUT2D eigenvalue weighted by Gasteiger charge is 2.19. The van der Waals surface area contributed by atoms with Crippen molar-refractivity contribution in [2.45, 2.75) is 13.0 Å². The number of ether oxygens (including phenoxy) is 1. The Kier molecular flexibility index (Phi) is 6.23. The lowest BCUT2D eigenvalue weighted by Gasteiger charge is -2.16. The second-order valence-corrected chi connectivity index (χ2v) is 6.14. The lowest BCUT2D eigenvalue weighted by atomic mass is 10.1. The highest BCUT2D eigenvalue weighted by atomic mass is 16.5. The zero-order valence-electron chi connectivity index (χ0n) is 15.8. The summed E-state index contributed by atoms with van der Waals surface area (Å²) in [4.78, 5) is 17.1. The summed E-state index contributed by atoms with van der Waals surface area (Å²) < 4.78 is 7.05. The summed E-state index contributed by atoms with van der Waals surface area (Å²) in [6.45, 7) is 2.29. The first-order valence-electron chi connectivity index (χ1n) is 8.96. The monoisotopic (exact) mass is 381 g/mol. The Morgan fingerprint density at radius 1 is 1.29 bits per heavy atom. The van der Waals surface area contributed by atoms with E-state index in [-0.39, 0.29) is 12.5 Å². The van der Waals surface area contributed by atoms with Crippen molar-refractivity contribution >= 4 is 17.4 Å². The van der Waals surface area contributed by atoms with Gasteiger partial charge in [0.2, 0.25) is 0 Å². The quantitative estimate of drug-likeness (QED) is 0.554. The molecular formula is C20H23N5O3.